The highest BCUT2D eigenvalue weighted by Gasteiger charge is 2.12. The van der Waals surface area contributed by atoms with Crippen LogP contribution in [0.3, 0.4) is 0 Å². The van der Waals surface area contributed by atoms with Crippen LogP contribution in [0.5, 0.6) is 5.75 Å². The van der Waals surface area contributed by atoms with Crippen molar-refractivity contribution in [1.82, 2.24) is 10.2 Å². The van der Waals surface area contributed by atoms with Crippen molar-refractivity contribution in [3.8, 4) is 5.75 Å². The molecular weight excluding hydrogens is 230 g/mol. The van der Waals surface area contributed by atoms with Crippen molar-refractivity contribution in [1.29, 1.82) is 0 Å². The van der Waals surface area contributed by atoms with Gasteiger partial charge in [-0.25, -0.2) is 0 Å². The van der Waals surface area contributed by atoms with Gasteiger partial charge >= 0.3 is 0 Å². The first-order chi connectivity index (χ1) is 7.66. The number of H-pyrrole nitrogens is 1. The smallest absolute Gasteiger partial charge is 0.259 e. The molecule has 1 amide bonds. The first kappa shape index (κ1) is 10.5. The average molecular weight is 238 g/mol. The topological polar surface area (TPSA) is 78.0 Å². The van der Waals surface area contributed by atoms with Crippen molar-refractivity contribution in [2.45, 2.75) is 0 Å². The fraction of sp³-hybridized carbons (Fsp3) is 0. The SMILES string of the molecule is O=C(Nc1cn[nH]c1)c1cc(Cl)ccc1O. The van der Waals surface area contributed by atoms with E-state index in [1.54, 1.807) is 0 Å². The van der Waals surface area contributed by atoms with Crippen LogP contribution in [-0.4, -0.2) is 21.2 Å². The molecule has 3 N–H and O–H groups in total. The number of aromatic nitrogens is 2. The highest BCUT2D eigenvalue weighted by Crippen LogP contribution is 2.22. The van der Waals surface area contributed by atoms with Crippen molar-refractivity contribution < 1.29 is 9.90 Å². The molecule has 1 heterocycles. The number of amides is 1. The molecule has 0 fully saturated rings. The zero-order valence-electron chi connectivity index (χ0n) is 8.07. The van der Waals surface area contributed by atoms with Crippen molar-refractivity contribution in [2.24, 2.45) is 0 Å². The van der Waals surface area contributed by atoms with Gasteiger partial charge in [0.1, 0.15) is 5.75 Å². The Bertz CT molecular complexity index is 511. The fourth-order valence-electron chi connectivity index (χ4n) is 1.21. The van der Waals surface area contributed by atoms with Crippen LogP contribution in [0, 0.1) is 0 Å². The fourth-order valence-corrected chi connectivity index (χ4v) is 1.38. The number of nitrogens with zero attached hydrogens (tertiary/aromatic N) is 1. The first-order valence-corrected chi connectivity index (χ1v) is 4.83. The van der Waals surface area contributed by atoms with Gasteiger partial charge < -0.3 is 10.4 Å². The van der Waals surface area contributed by atoms with Gasteiger partial charge in [-0.2, -0.15) is 5.10 Å². The Morgan fingerprint density at radius 3 is 3.00 bits per heavy atom. The largest absolute Gasteiger partial charge is 0.507 e. The highest BCUT2D eigenvalue weighted by molar-refractivity contribution is 6.31. The van der Waals surface area contributed by atoms with E-state index in [0.29, 0.717) is 10.7 Å². The van der Waals surface area contributed by atoms with E-state index in [9.17, 15) is 9.90 Å². The molecule has 2 aromatic rings. The van der Waals surface area contributed by atoms with Gasteiger partial charge in [-0.1, -0.05) is 11.6 Å². The Kier molecular flexibility index (Phi) is 2.78. The lowest BCUT2D eigenvalue weighted by Crippen LogP contribution is -2.11. The lowest BCUT2D eigenvalue weighted by molar-refractivity contribution is 0.102. The maximum atomic E-state index is 11.7. The molecule has 0 saturated carbocycles. The number of benzene rings is 1. The van der Waals surface area contributed by atoms with Gasteiger partial charge in [0.2, 0.25) is 0 Å². The molecule has 0 aliphatic carbocycles. The first-order valence-electron chi connectivity index (χ1n) is 4.45. The van der Waals surface area contributed by atoms with Crippen LogP contribution < -0.4 is 5.32 Å². The predicted octanol–water partition coefficient (Wildman–Crippen LogP) is 2.02. The third kappa shape index (κ3) is 2.14. The number of rotatable bonds is 2. The summed E-state index contributed by atoms with van der Waals surface area (Å²) in [6.45, 7) is 0. The number of hydrogen-bond donors (Lipinski definition) is 3. The number of halogens is 1. The molecule has 0 bridgehead atoms. The lowest BCUT2D eigenvalue weighted by atomic mass is 10.2. The third-order valence-corrected chi connectivity index (χ3v) is 2.19. The number of aromatic hydroxyl groups is 1. The molecule has 2 rings (SSSR count). The number of phenols is 1. The molecule has 0 unspecified atom stereocenters. The molecule has 1 aromatic heterocycles. The summed E-state index contributed by atoms with van der Waals surface area (Å²) in [5.41, 5.74) is 0.637. The van der Waals surface area contributed by atoms with Gasteiger partial charge in [0.15, 0.2) is 0 Å². The van der Waals surface area contributed by atoms with E-state index >= 15 is 0 Å². The number of phenolic OH excluding ortho intramolecular Hbond substituents is 1. The summed E-state index contributed by atoms with van der Waals surface area (Å²) >= 11 is 5.73. The Balaban J connectivity index is 2.24. The molecular formula is C10H8ClN3O2. The van der Waals surface area contributed by atoms with E-state index in [1.807, 2.05) is 0 Å². The predicted molar refractivity (Wildman–Crippen MR) is 59.7 cm³/mol. The van der Waals surface area contributed by atoms with Crippen LogP contribution in [0.25, 0.3) is 0 Å². The number of carbonyl (C=O) groups is 1. The Morgan fingerprint density at radius 2 is 2.31 bits per heavy atom. The van der Waals surface area contributed by atoms with Gasteiger partial charge in [0.05, 0.1) is 17.4 Å². The lowest BCUT2D eigenvalue weighted by Gasteiger charge is -2.04. The second-order valence-electron chi connectivity index (χ2n) is 3.10. The van der Waals surface area contributed by atoms with E-state index in [2.05, 4.69) is 15.5 Å². The minimum absolute atomic E-state index is 0.119. The molecule has 82 valence electrons. The second kappa shape index (κ2) is 4.24. The zero-order chi connectivity index (χ0) is 11.5. The summed E-state index contributed by atoms with van der Waals surface area (Å²) in [5, 5.41) is 18.7. The molecule has 0 spiro atoms. The molecule has 0 aliphatic rings. The molecule has 1 aromatic carbocycles. The van der Waals surface area contributed by atoms with Gasteiger partial charge in [0, 0.05) is 11.2 Å². The minimum Gasteiger partial charge on any atom is -0.507 e. The summed E-state index contributed by atoms with van der Waals surface area (Å²) in [7, 11) is 0. The Morgan fingerprint density at radius 1 is 1.50 bits per heavy atom. The monoisotopic (exact) mass is 237 g/mol. The number of aromatic amines is 1. The minimum atomic E-state index is -0.443. The molecule has 0 aliphatic heterocycles. The molecule has 0 radical (unpaired) electrons. The van der Waals surface area contributed by atoms with Crippen LogP contribution >= 0.6 is 11.6 Å². The maximum Gasteiger partial charge on any atom is 0.259 e. The van der Waals surface area contributed by atoms with Crippen molar-refractivity contribution in [2.75, 3.05) is 5.32 Å². The van der Waals surface area contributed by atoms with E-state index in [0.717, 1.165) is 0 Å². The van der Waals surface area contributed by atoms with Crippen LogP contribution in [0.15, 0.2) is 30.6 Å². The van der Waals surface area contributed by atoms with Crippen molar-refractivity contribution >= 4 is 23.2 Å². The zero-order valence-corrected chi connectivity index (χ0v) is 8.82. The van der Waals surface area contributed by atoms with Crippen LogP contribution in [0.1, 0.15) is 10.4 Å². The summed E-state index contributed by atoms with van der Waals surface area (Å²) in [6.07, 6.45) is 2.99. The second-order valence-corrected chi connectivity index (χ2v) is 3.54. The number of carbonyl (C=O) groups excluding carboxylic acids is 1. The van der Waals surface area contributed by atoms with Gasteiger partial charge in [0.25, 0.3) is 5.91 Å². The van der Waals surface area contributed by atoms with E-state index in [1.165, 1.54) is 30.6 Å². The summed E-state index contributed by atoms with van der Waals surface area (Å²) < 4.78 is 0. The molecule has 0 saturated heterocycles. The third-order valence-electron chi connectivity index (χ3n) is 1.96. The van der Waals surface area contributed by atoms with Gasteiger partial charge in [-0.05, 0) is 18.2 Å². The number of hydrogen-bond acceptors (Lipinski definition) is 3. The van der Waals surface area contributed by atoms with E-state index in [4.69, 9.17) is 11.6 Å². The van der Waals surface area contributed by atoms with E-state index < -0.39 is 5.91 Å². The van der Waals surface area contributed by atoms with Gasteiger partial charge in [-0.3, -0.25) is 9.89 Å². The summed E-state index contributed by atoms with van der Waals surface area (Å²) in [5.74, 6) is -0.563. The highest BCUT2D eigenvalue weighted by atomic mass is 35.5. The number of anilines is 1. The maximum absolute atomic E-state index is 11.7. The van der Waals surface area contributed by atoms with Crippen LogP contribution in [0.4, 0.5) is 5.69 Å². The standard InChI is InChI=1S/C10H8ClN3O2/c11-6-1-2-9(15)8(3-6)10(16)14-7-4-12-13-5-7/h1-5,15H,(H,12,13)(H,14,16). The van der Waals surface area contributed by atoms with Crippen molar-refractivity contribution in [3.05, 3.63) is 41.2 Å². The Labute approximate surface area is 96.1 Å². The van der Waals surface area contributed by atoms with Crippen molar-refractivity contribution in [3.63, 3.8) is 0 Å². The molecule has 6 heteroatoms. The quantitative estimate of drug-likeness (QED) is 0.748. The number of nitrogens with one attached hydrogen (secondary N) is 2. The molecule has 16 heavy (non-hydrogen) atoms. The molecule has 5 nitrogen and oxygen atoms in total. The average Bonchev–Trinajstić information content (AvgIpc) is 2.74. The summed E-state index contributed by atoms with van der Waals surface area (Å²) in [6, 6.07) is 4.27. The molecule has 0 atom stereocenters. The van der Waals surface area contributed by atoms with Crippen LogP contribution in [0.2, 0.25) is 5.02 Å². The Hall–Kier alpha value is -2.01. The normalized spacial score (nSPS) is 10.1. The van der Waals surface area contributed by atoms with Crippen LogP contribution in [-0.2, 0) is 0 Å². The van der Waals surface area contributed by atoms with E-state index in [-0.39, 0.29) is 11.3 Å². The summed E-state index contributed by atoms with van der Waals surface area (Å²) in [4.78, 5) is 11.7. The van der Waals surface area contributed by atoms with Gasteiger partial charge in [-0.15, -0.1) is 0 Å².